The number of imidazole rings is 1. The first kappa shape index (κ1) is 33.7. The van der Waals surface area contributed by atoms with Gasteiger partial charge >= 0.3 is 6.18 Å². The SMILES string of the molecule is Cn1ccnc1CN(Cc1ccc(-c2ccc(C(F)(F)F)cc2)cc1)C(=O)Cn1c(SCc2cccc(F)c2F)cc(=O)c2ccccc21. The third-order valence-corrected chi connectivity index (χ3v) is 9.25. The molecular weight excluding hydrogens is 659 g/mol. The fourth-order valence-corrected chi connectivity index (χ4v) is 6.50. The molecule has 12 heteroatoms. The Morgan fingerprint density at radius 3 is 2.24 bits per heavy atom. The van der Waals surface area contributed by atoms with Crippen molar-refractivity contribution in [3.8, 4) is 11.1 Å². The van der Waals surface area contributed by atoms with E-state index in [1.807, 2.05) is 19.2 Å². The third-order valence-electron chi connectivity index (χ3n) is 8.16. The number of carbonyl (C=O) groups excluding carboxylic acids is 1. The number of pyridine rings is 1. The number of benzene rings is 4. The maximum Gasteiger partial charge on any atom is 0.416 e. The number of thioether (sulfide) groups is 1. The van der Waals surface area contributed by atoms with Gasteiger partial charge < -0.3 is 14.0 Å². The van der Waals surface area contributed by atoms with Crippen LogP contribution in [-0.4, -0.2) is 24.9 Å². The number of aromatic nitrogens is 3. The standard InChI is InChI=1S/C37H29F5N4O2S/c1-44-18-17-43-33(44)21-45(20-24-9-11-25(12-10-24)26-13-15-28(16-14-26)37(40,41)42)34(48)22-46-31-8-3-2-6-29(31)32(47)19-35(46)49-23-27-5-4-7-30(38)36(27)39/h2-19H,20-23H2,1H3. The summed E-state index contributed by atoms with van der Waals surface area (Å²) in [5, 5.41) is 0.824. The maximum absolute atomic E-state index is 14.5. The van der Waals surface area contributed by atoms with Gasteiger partial charge in [0.2, 0.25) is 5.91 Å². The van der Waals surface area contributed by atoms with Crippen molar-refractivity contribution in [2.24, 2.45) is 7.05 Å². The molecular formula is C37H29F5N4O2S. The highest BCUT2D eigenvalue weighted by Crippen LogP contribution is 2.31. The van der Waals surface area contributed by atoms with Crippen LogP contribution in [0.3, 0.4) is 0 Å². The van der Waals surface area contributed by atoms with Gasteiger partial charge in [-0.2, -0.15) is 13.2 Å². The van der Waals surface area contributed by atoms with Crippen LogP contribution < -0.4 is 5.43 Å². The number of amides is 1. The Morgan fingerprint density at radius 2 is 1.57 bits per heavy atom. The smallest absolute Gasteiger partial charge is 0.337 e. The lowest BCUT2D eigenvalue weighted by Gasteiger charge is -2.25. The van der Waals surface area contributed by atoms with Gasteiger partial charge in [0.05, 0.1) is 22.7 Å². The van der Waals surface area contributed by atoms with Gasteiger partial charge in [-0.15, -0.1) is 11.8 Å². The lowest BCUT2D eigenvalue weighted by Crippen LogP contribution is -2.34. The molecule has 0 unspecified atom stereocenters. The lowest BCUT2D eigenvalue weighted by atomic mass is 10.0. The average molecular weight is 689 g/mol. The zero-order chi connectivity index (χ0) is 34.7. The summed E-state index contributed by atoms with van der Waals surface area (Å²) in [5.41, 5.74) is 1.76. The molecule has 0 saturated heterocycles. The monoisotopic (exact) mass is 688 g/mol. The van der Waals surface area contributed by atoms with Crippen LogP contribution in [0.1, 0.15) is 22.5 Å². The second-order valence-corrected chi connectivity index (χ2v) is 12.4. The number of halogens is 5. The second-order valence-electron chi connectivity index (χ2n) is 11.4. The van der Waals surface area contributed by atoms with Crippen LogP contribution in [0.15, 0.2) is 119 Å². The van der Waals surface area contributed by atoms with Gasteiger partial charge in [0.25, 0.3) is 0 Å². The molecule has 0 saturated carbocycles. The Balaban J connectivity index is 1.29. The van der Waals surface area contributed by atoms with E-state index in [1.165, 1.54) is 30.3 Å². The summed E-state index contributed by atoms with van der Waals surface area (Å²) in [5.74, 6) is -1.57. The van der Waals surface area contributed by atoms with Gasteiger partial charge in [-0.25, -0.2) is 13.8 Å². The highest BCUT2D eigenvalue weighted by Gasteiger charge is 2.30. The Hall–Kier alpha value is -5.23. The minimum Gasteiger partial charge on any atom is -0.337 e. The van der Waals surface area contributed by atoms with Gasteiger partial charge in [-0.1, -0.05) is 60.7 Å². The summed E-state index contributed by atoms with van der Waals surface area (Å²) in [4.78, 5) is 33.3. The van der Waals surface area contributed by atoms with E-state index in [2.05, 4.69) is 4.98 Å². The zero-order valence-electron chi connectivity index (χ0n) is 26.1. The number of carbonyl (C=O) groups is 1. The number of aryl methyl sites for hydroxylation is 1. The summed E-state index contributed by atoms with van der Waals surface area (Å²) in [6, 6.07) is 24.3. The van der Waals surface area contributed by atoms with Gasteiger partial charge in [0, 0.05) is 48.8 Å². The van der Waals surface area contributed by atoms with E-state index in [0.29, 0.717) is 27.3 Å². The molecule has 2 aromatic heterocycles. The molecule has 2 heterocycles. The van der Waals surface area contributed by atoms with Crippen LogP contribution in [0.25, 0.3) is 22.0 Å². The van der Waals surface area contributed by atoms with Crippen LogP contribution in [0, 0.1) is 11.6 Å². The molecule has 0 aliphatic rings. The maximum atomic E-state index is 14.5. The number of para-hydroxylation sites is 1. The molecule has 250 valence electrons. The van der Waals surface area contributed by atoms with Crippen molar-refractivity contribution in [1.29, 1.82) is 0 Å². The molecule has 0 N–H and O–H groups in total. The first-order valence-electron chi connectivity index (χ1n) is 15.2. The lowest BCUT2D eigenvalue weighted by molar-refractivity contribution is -0.137. The molecule has 0 spiro atoms. The fourth-order valence-electron chi connectivity index (χ4n) is 5.46. The quantitative estimate of drug-likeness (QED) is 0.108. The highest BCUT2D eigenvalue weighted by molar-refractivity contribution is 7.98. The van der Waals surface area contributed by atoms with E-state index >= 15 is 0 Å². The van der Waals surface area contributed by atoms with Gasteiger partial charge in [-0.05, 0) is 47.0 Å². The summed E-state index contributed by atoms with van der Waals surface area (Å²) in [6.07, 6.45) is -1.02. The predicted molar refractivity (Wildman–Crippen MR) is 178 cm³/mol. The highest BCUT2D eigenvalue weighted by atomic mass is 32.2. The van der Waals surface area contributed by atoms with E-state index < -0.39 is 23.4 Å². The number of hydrogen-bond acceptors (Lipinski definition) is 4. The third kappa shape index (κ3) is 7.59. The molecule has 0 radical (unpaired) electrons. The van der Waals surface area contributed by atoms with Crippen LogP contribution >= 0.6 is 11.8 Å². The minimum atomic E-state index is -4.42. The second kappa shape index (κ2) is 14.1. The first-order chi connectivity index (χ1) is 23.5. The van der Waals surface area contributed by atoms with Crippen molar-refractivity contribution in [3.05, 3.63) is 154 Å². The van der Waals surface area contributed by atoms with Crippen LogP contribution in [0.4, 0.5) is 22.0 Å². The molecule has 1 amide bonds. The Labute approximate surface area is 282 Å². The molecule has 6 rings (SSSR count). The van der Waals surface area contributed by atoms with Gasteiger partial charge in [0.1, 0.15) is 12.4 Å². The van der Waals surface area contributed by atoms with Crippen LogP contribution in [0.5, 0.6) is 0 Å². The number of rotatable bonds is 10. The van der Waals surface area contributed by atoms with Crippen LogP contribution in [0.2, 0.25) is 0 Å². The van der Waals surface area contributed by atoms with E-state index in [9.17, 15) is 31.5 Å². The number of alkyl halides is 3. The summed E-state index contributed by atoms with van der Waals surface area (Å²) >= 11 is 1.13. The van der Waals surface area contributed by atoms with Gasteiger partial charge in [0.15, 0.2) is 17.1 Å². The number of nitrogens with zero attached hydrogens (tertiary/aromatic N) is 4. The van der Waals surface area contributed by atoms with Crippen molar-refractivity contribution in [1.82, 2.24) is 19.0 Å². The summed E-state index contributed by atoms with van der Waals surface area (Å²) < 4.78 is 71.0. The fraction of sp³-hybridized carbons (Fsp3) is 0.162. The molecule has 0 bridgehead atoms. The van der Waals surface area contributed by atoms with E-state index in [4.69, 9.17) is 0 Å². The molecule has 6 aromatic rings. The molecule has 4 aromatic carbocycles. The molecule has 0 aliphatic carbocycles. The van der Waals surface area contributed by atoms with Crippen molar-refractivity contribution in [3.63, 3.8) is 0 Å². The number of fused-ring (bicyclic) bond motifs is 1. The van der Waals surface area contributed by atoms with Crippen molar-refractivity contribution in [2.45, 2.75) is 36.6 Å². The van der Waals surface area contributed by atoms with E-state index in [0.717, 1.165) is 41.1 Å². The normalized spacial score (nSPS) is 11.6. The van der Waals surface area contributed by atoms with Crippen molar-refractivity contribution >= 4 is 28.6 Å². The number of hydrogen-bond donors (Lipinski definition) is 0. The topological polar surface area (TPSA) is 60.1 Å². The summed E-state index contributed by atoms with van der Waals surface area (Å²) in [7, 11) is 1.82. The predicted octanol–water partition coefficient (Wildman–Crippen LogP) is 8.22. The average Bonchev–Trinajstić information content (AvgIpc) is 3.50. The first-order valence-corrected chi connectivity index (χ1v) is 16.2. The minimum absolute atomic E-state index is 0.0256. The van der Waals surface area contributed by atoms with Crippen LogP contribution in [-0.2, 0) is 43.4 Å². The molecule has 49 heavy (non-hydrogen) atoms. The summed E-state index contributed by atoms with van der Waals surface area (Å²) in [6.45, 7) is 0.190. The largest absolute Gasteiger partial charge is 0.416 e. The van der Waals surface area contributed by atoms with E-state index in [-0.39, 0.29) is 42.3 Å². The Kier molecular flexibility index (Phi) is 9.68. The van der Waals surface area contributed by atoms with Gasteiger partial charge in [-0.3, -0.25) is 9.59 Å². The molecule has 0 fully saturated rings. The van der Waals surface area contributed by atoms with Crippen molar-refractivity contribution < 1.29 is 26.7 Å². The molecule has 6 nitrogen and oxygen atoms in total. The Bertz CT molecular complexity index is 2180. The molecule has 0 aliphatic heterocycles. The zero-order valence-corrected chi connectivity index (χ0v) is 26.9. The molecule has 0 atom stereocenters. The Morgan fingerprint density at radius 1 is 0.878 bits per heavy atom. The van der Waals surface area contributed by atoms with Crippen molar-refractivity contribution in [2.75, 3.05) is 0 Å². The van der Waals surface area contributed by atoms with E-state index in [1.54, 1.807) is 62.8 Å².